The van der Waals surface area contributed by atoms with E-state index in [1.165, 1.54) is 16.7 Å². The summed E-state index contributed by atoms with van der Waals surface area (Å²) in [5, 5.41) is 0. The lowest BCUT2D eigenvalue weighted by molar-refractivity contribution is 1.06. The van der Waals surface area contributed by atoms with Gasteiger partial charge in [-0.2, -0.15) is 0 Å². The summed E-state index contributed by atoms with van der Waals surface area (Å²) in [6, 6.07) is 6.44. The van der Waals surface area contributed by atoms with Crippen molar-refractivity contribution < 1.29 is 0 Å². The van der Waals surface area contributed by atoms with Crippen molar-refractivity contribution in [2.75, 3.05) is 0 Å². The highest BCUT2D eigenvalue weighted by molar-refractivity contribution is 5.36. The largest absolute Gasteiger partial charge is 0.348 e. The topological polar surface area (TPSA) is 28.7 Å². The van der Waals surface area contributed by atoms with E-state index in [9.17, 15) is 0 Å². The van der Waals surface area contributed by atoms with Crippen LogP contribution in [0.1, 0.15) is 28.1 Å². The fraction of sp³-hybridized carbons (Fsp3) is 0.308. The zero-order valence-corrected chi connectivity index (χ0v) is 9.46. The molecule has 78 valence electrons. The number of benzene rings is 1. The van der Waals surface area contributed by atoms with E-state index in [1.807, 2.05) is 0 Å². The zero-order valence-electron chi connectivity index (χ0n) is 9.46. The van der Waals surface area contributed by atoms with Crippen molar-refractivity contribution in [1.82, 2.24) is 9.97 Å². The van der Waals surface area contributed by atoms with E-state index in [4.69, 9.17) is 0 Å². The molecule has 2 rings (SSSR count). The van der Waals surface area contributed by atoms with Crippen molar-refractivity contribution in [3.63, 3.8) is 0 Å². The van der Waals surface area contributed by atoms with Crippen molar-refractivity contribution >= 4 is 0 Å². The third kappa shape index (κ3) is 1.94. The molecular weight excluding hydrogens is 184 g/mol. The summed E-state index contributed by atoms with van der Waals surface area (Å²) in [5.74, 6) is 0. The second-order valence-electron chi connectivity index (χ2n) is 4.01. The molecule has 0 aliphatic rings. The molecule has 0 unspecified atom stereocenters. The number of hydrogen-bond acceptors (Lipinski definition) is 1. The number of aromatic amines is 1. The number of H-pyrrole nitrogens is 1. The minimum atomic E-state index is 0.919. The average molecular weight is 200 g/mol. The Labute approximate surface area is 90.4 Å². The Morgan fingerprint density at radius 3 is 2.67 bits per heavy atom. The first-order valence-electron chi connectivity index (χ1n) is 5.22. The van der Waals surface area contributed by atoms with E-state index in [2.05, 4.69) is 48.9 Å². The van der Waals surface area contributed by atoms with Crippen LogP contribution in [0.2, 0.25) is 0 Å². The van der Waals surface area contributed by atoms with Crippen LogP contribution in [0.15, 0.2) is 24.5 Å². The number of aromatic nitrogens is 2. The van der Waals surface area contributed by atoms with E-state index in [0.29, 0.717) is 0 Å². The molecule has 1 aromatic carbocycles. The molecule has 0 atom stereocenters. The summed E-state index contributed by atoms with van der Waals surface area (Å²) >= 11 is 0. The maximum atomic E-state index is 4.33. The van der Waals surface area contributed by atoms with Gasteiger partial charge < -0.3 is 4.98 Å². The van der Waals surface area contributed by atoms with Gasteiger partial charge >= 0.3 is 0 Å². The van der Waals surface area contributed by atoms with Crippen LogP contribution in [0, 0.1) is 20.8 Å². The molecule has 2 heteroatoms. The molecule has 2 aromatic rings. The Morgan fingerprint density at radius 1 is 1.20 bits per heavy atom. The minimum absolute atomic E-state index is 0.919. The van der Waals surface area contributed by atoms with Gasteiger partial charge in [-0.15, -0.1) is 0 Å². The predicted molar refractivity (Wildman–Crippen MR) is 62.0 cm³/mol. The first-order chi connectivity index (χ1) is 7.18. The number of nitrogens with one attached hydrogen (secondary N) is 1. The van der Waals surface area contributed by atoms with Crippen LogP contribution in [-0.4, -0.2) is 9.97 Å². The molecule has 1 N–H and O–H groups in total. The smallest absolute Gasteiger partial charge is 0.0925 e. The summed E-state index contributed by atoms with van der Waals surface area (Å²) in [4.78, 5) is 7.44. The fourth-order valence-electron chi connectivity index (χ4n) is 1.75. The molecular formula is C13H16N2. The van der Waals surface area contributed by atoms with Gasteiger partial charge in [0.1, 0.15) is 0 Å². The van der Waals surface area contributed by atoms with Crippen molar-refractivity contribution in [2.45, 2.75) is 27.2 Å². The van der Waals surface area contributed by atoms with Crippen molar-refractivity contribution in [3.05, 3.63) is 52.6 Å². The van der Waals surface area contributed by atoms with Gasteiger partial charge in [-0.25, -0.2) is 4.98 Å². The van der Waals surface area contributed by atoms with Crippen LogP contribution < -0.4 is 0 Å². The molecule has 0 saturated heterocycles. The molecule has 0 radical (unpaired) electrons. The van der Waals surface area contributed by atoms with Gasteiger partial charge in [0, 0.05) is 12.1 Å². The first-order valence-corrected chi connectivity index (χ1v) is 5.22. The van der Waals surface area contributed by atoms with Crippen molar-refractivity contribution in [1.29, 1.82) is 0 Å². The predicted octanol–water partition coefficient (Wildman–Crippen LogP) is 2.93. The molecule has 0 amide bonds. The van der Waals surface area contributed by atoms with Gasteiger partial charge in [0.15, 0.2) is 0 Å². The Morgan fingerprint density at radius 2 is 2.00 bits per heavy atom. The number of rotatable bonds is 2. The average Bonchev–Trinajstić information content (AvgIpc) is 2.60. The highest BCUT2D eigenvalue weighted by Gasteiger charge is 2.05. The third-order valence-corrected chi connectivity index (χ3v) is 3.01. The minimum Gasteiger partial charge on any atom is -0.348 e. The quantitative estimate of drug-likeness (QED) is 0.793. The van der Waals surface area contributed by atoms with E-state index < -0.39 is 0 Å². The van der Waals surface area contributed by atoms with Crippen molar-refractivity contribution in [2.24, 2.45) is 0 Å². The van der Waals surface area contributed by atoms with E-state index >= 15 is 0 Å². The zero-order chi connectivity index (χ0) is 10.8. The van der Waals surface area contributed by atoms with Crippen LogP contribution in [0.25, 0.3) is 0 Å². The summed E-state index contributed by atoms with van der Waals surface area (Å²) in [6.07, 6.45) is 2.68. The number of aryl methyl sites for hydroxylation is 2. The monoisotopic (exact) mass is 200 g/mol. The van der Waals surface area contributed by atoms with E-state index in [1.54, 1.807) is 6.33 Å². The molecule has 2 nitrogen and oxygen atoms in total. The molecule has 0 spiro atoms. The van der Waals surface area contributed by atoms with Gasteiger partial charge in [-0.3, -0.25) is 0 Å². The number of hydrogen-bond donors (Lipinski definition) is 1. The first kappa shape index (κ1) is 9.97. The Kier molecular flexibility index (Phi) is 2.58. The lowest BCUT2D eigenvalue weighted by Gasteiger charge is -2.07. The van der Waals surface area contributed by atoms with Crippen LogP contribution in [0.5, 0.6) is 0 Å². The van der Waals surface area contributed by atoms with Crippen molar-refractivity contribution in [3.8, 4) is 0 Å². The van der Waals surface area contributed by atoms with E-state index in [0.717, 1.165) is 17.8 Å². The van der Waals surface area contributed by atoms with Crippen LogP contribution in [-0.2, 0) is 6.42 Å². The summed E-state index contributed by atoms with van der Waals surface area (Å²) in [6.45, 7) is 6.39. The van der Waals surface area contributed by atoms with Crippen LogP contribution >= 0.6 is 0 Å². The Hall–Kier alpha value is -1.57. The van der Waals surface area contributed by atoms with Gasteiger partial charge in [0.2, 0.25) is 0 Å². The fourth-order valence-corrected chi connectivity index (χ4v) is 1.75. The summed E-state index contributed by atoms with van der Waals surface area (Å²) in [5.41, 5.74) is 6.39. The molecule has 15 heavy (non-hydrogen) atoms. The second kappa shape index (κ2) is 3.89. The molecule has 1 heterocycles. The Bertz CT molecular complexity index is 469. The van der Waals surface area contributed by atoms with Gasteiger partial charge in [-0.05, 0) is 37.5 Å². The summed E-state index contributed by atoms with van der Waals surface area (Å²) < 4.78 is 0. The standard InChI is InChI=1S/C13H16N2/c1-9-5-4-6-12(10(9)2)7-13-11(3)14-8-15-13/h4-6,8H,7H2,1-3H3,(H,14,15). The SMILES string of the molecule is Cc1cccc(Cc2nc[nH]c2C)c1C. The van der Waals surface area contributed by atoms with E-state index in [-0.39, 0.29) is 0 Å². The molecule has 0 bridgehead atoms. The maximum Gasteiger partial charge on any atom is 0.0925 e. The Balaban J connectivity index is 2.33. The number of nitrogens with zero attached hydrogens (tertiary/aromatic N) is 1. The lowest BCUT2D eigenvalue weighted by Crippen LogP contribution is -1.95. The summed E-state index contributed by atoms with van der Waals surface area (Å²) in [7, 11) is 0. The molecule has 0 saturated carbocycles. The van der Waals surface area contributed by atoms with Gasteiger partial charge in [-0.1, -0.05) is 18.2 Å². The van der Waals surface area contributed by atoms with Gasteiger partial charge in [0.05, 0.1) is 12.0 Å². The third-order valence-electron chi connectivity index (χ3n) is 3.01. The van der Waals surface area contributed by atoms with Gasteiger partial charge in [0.25, 0.3) is 0 Å². The lowest BCUT2D eigenvalue weighted by atomic mass is 9.99. The highest BCUT2D eigenvalue weighted by Crippen LogP contribution is 2.16. The normalized spacial score (nSPS) is 10.6. The van der Waals surface area contributed by atoms with Crippen LogP contribution in [0.4, 0.5) is 0 Å². The maximum absolute atomic E-state index is 4.33. The second-order valence-corrected chi connectivity index (χ2v) is 4.01. The number of imidazole rings is 1. The highest BCUT2D eigenvalue weighted by atomic mass is 14.9. The molecule has 1 aromatic heterocycles. The van der Waals surface area contributed by atoms with Crippen LogP contribution in [0.3, 0.4) is 0 Å². The molecule has 0 fully saturated rings. The molecule has 0 aliphatic heterocycles. The molecule has 0 aliphatic carbocycles.